The molecule has 0 unspecified atom stereocenters. The molecule has 0 radical (unpaired) electrons. The smallest absolute Gasteiger partial charge is 0.246 e. The number of amides is 3. The molecule has 1 saturated heterocycles. The van der Waals surface area contributed by atoms with E-state index in [9.17, 15) is 19.6 Å². The summed E-state index contributed by atoms with van der Waals surface area (Å²) in [5.74, 6) is -1.08. The normalized spacial score (nSPS) is 21.9. The molecule has 3 atom stereocenters. The van der Waals surface area contributed by atoms with E-state index in [1.165, 1.54) is 6.42 Å². The Balaban J connectivity index is 1.91. The third-order valence-electron chi connectivity index (χ3n) is 5.63. The van der Waals surface area contributed by atoms with Gasteiger partial charge in [-0.1, -0.05) is 40.0 Å². The number of carbonyl (C=O) groups is 3. The van der Waals surface area contributed by atoms with Crippen LogP contribution in [0.3, 0.4) is 0 Å². The molecule has 2 rings (SSSR count). The number of carbonyl (C=O) groups excluding carboxylic acids is 3. The first-order valence-corrected chi connectivity index (χ1v) is 11.1. The summed E-state index contributed by atoms with van der Waals surface area (Å²) in [6, 6.07) is 0.533. The van der Waals surface area contributed by atoms with Gasteiger partial charge in [-0.3, -0.25) is 14.4 Å². The number of nitrogens with zero attached hydrogens (tertiary/aromatic N) is 1. The van der Waals surface area contributed by atoms with Gasteiger partial charge in [0.05, 0.1) is 12.2 Å². The van der Waals surface area contributed by atoms with E-state index in [2.05, 4.69) is 22.0 Å². The molecule has 8 heteroatoms. The first-order chi connectivity index (χ1) is 14.2. The van der Waals surface area contributed by atoms with Crippen LogP contribution in [0.2, 0.25) is 0 Å². The van der Waals surface area contributed by atoms with Crippen molar-refractivity contribution in [1.82, 2.24) is 16.0 Å². The second-order valence-corrected chi connectivity index (χ2v) is 9.66. The molecule has 1 aliphatic carbocycles. The van der Waals surface area contributed by atoms with Crippen LogP contribution >= 0.6 is 0 Å². The number of hydrogen-bond donors (Lipinski definition) is 3. The quantitative estimate of drug-likeness (QED) is 0.525. The molecule has 2 fully saturated rings. The summed E-state index contributed by atoms with van der Waals surface area (Å²) in [4.78, 5) is 37.1. The van der Waals surface area contributed by atoms with Crippen LogP contribution in [0.5, 0.6) is 0 Å². The van der Waals surface area contributed by atoms with Gasteiger partial charge in [0, 0.05) is 12.5 Å². The van der Waals surface area contributed by atoms with Crippen molar-refractivity contribution in [3.63, 3.8) is 0 Å². The summed E-state index contributed by atoms with van der Waals surface area (Å²) in [6.07, 6.45) is 6.86. The summed E-state index contributed by atoms with van der Waals surface area (Å²) in [5.41, 5.74) is -0.201. The first-order valence-electron chi connectivity index (χ1n) is 11.1. The molecule has 0 aromatic carbocycles. The SMILES string of the molecule is CC(C)(C)C[C@H](NC(=O)COC1CCCCC1)C(=O)N[C@H](C#N)C[C@@H]1CCNC1=O. The van der Waals surface area contributed by atoms with Gasteiger partial charge >= 0.3 is 0 Å². The van der Waals surface area contributed by atoms with Crippen molar-refractivity contribution in [2.75, 3.05) is 13.2 Å². The molecule has 3 amide bonds. The second kappa shape index (κ2) is 11.3. The fraction of sp³-hybridized carbons (Fsp3) is 0.818. The van der Waals surface area contributed by atoms with E-state index >= 15 is 0 Å². The van der Waals surface area contributed by atoms with Crippen LogP contribution in [-0.2, 0) is 19.1 Å². The van der Waals surface area contributed by atoms with Crippen molar-refractivity contribution in [1.29, 1.82) is 5.26 Å². The van der Waals surface area contributed by atoms with Crippen LogP contribution in [0, 0.1) is 22.7 Å². The van der Waals surface area contributed by atoms with Crippen LogP contribution in [-0.4, -0.2) is 49.1 Å². The molecule has 0 aromatic heterocycles. The highest BCUT2D eigenvalue weighted by atomic mass is 16.5. The van der Waals surface area contributed by atoms with Crippen molar-refractivity contribution >= 4 is 17.7 Å². The topological polar surface area (TPSA) is 120 Å². The predicted molar refractivity (Wildman–Crippen MR) is 112 cm³/mol. The lowest BCUT2D eigenvalue weighted by Gasteiger charge is -2.28. The van der Waals surface area contributed by atoms with Crippen molar-refractivity contribution < 1.29 is 19.1 Å². The van der Waals surface area contributed by atoms with E-state index in [0.29, 0.717) is 19.4 Å². The maximum atomic E-state index is 12.9. The van der Waals surface area contributed by atoms with E-state index in [0.717, 1.165) is 25.7 Å². The average Bonchev–Trinajstić information content (AvgIpc) is 3.09. The van der Waals surface area contributed by atoms with E-state index in [4.69, 9.17) is 4.74 Å². The molecule has 2 aliphatic rings. The predicted octanol–water partition coefficient (Wildman–Crippen LogP) is 1.79. The maximum Gasteiger partial charge on any atom is 0.246 e. The van der Waals surface area contributed by atoms with Gasteiger partial charge < -0.3 is 20.7 Å². The molecule has 30 heavy (non-hydrogen) atoms. The first kappa shape index (κ1) is 24.1. The largest absolute Gasteiger partial charge is 0.368 e. The van der Waals surface area contributed by atoms with Gasteiger partial charge in [-0.05, 0) is 37.5 Å². The minimum atomic E-state index is -0.774. The monoisotopic (exact) mass is 420 g/mol. The highest BCUT2D eigenvalue weighted by Gasteiger charge is 2.31. The van der Waals surface area contributed by atoms with Crippen molar-refractivity contribution in [2.45, 2.75) is 90.3 Å². The van der Waals surface area contributed by atoms with Gasteiger partial charge in [-0.2, -0.15) is 5.26 Å². The molecular weight excluding hydrogens is 384 g/mol. The zero-order valence-corrected chi connectivity index (χ0v) is 18.5. The van der Waals surface area contributed by atoms with Gasteiger partial charge in [0.2, 0.25) is 17.7 Å². The third kappa shape index (κ3) is 8.31. The Labute approximate surface area is 179 Å². The lowest BCUT2D eigenvalue weighted by molar-refractivity contribution is -0.134. The Morgan fingerprint density at radius 3 is 2.47 bits per heavy atom. The number of hydrogen-bond acceptors (Lipinski definition) is 5. The van der Waals surface area contributed by atoms with Crippen molar-refractivity contribution in [2.24, 2.45) is 11.3 Å². The minimum absolute atomic E-state index is 0.0670. The fourth-order valence-corrected chi connectivity index (χ4v) is 4.05. The van der Waals surface area contributed by atoms with Gasteiger partial charge in [0.1, 0.15) is 18.7 Å². The Kier molecular flexibility index (Phi) is 9.09. The average molecular weight is 421 g/mol. The zero-order valence-electron chi connectivity index (χ0n) is 18.5. The van der Waals surface area contributed by atoms with Crippen LogP contribution in [0.15, 0.2) is 0 Å². The molecule has 0 bridgehead atoms. The van der Waals surface area contributed by atoms with Crippen LogP contribution in [0.4, 0.5) is 0 Å². The molecule has 1 heterocycles. The van der Waals surface area contributed by atoms with Gasteiger partial charge in [-0.25, -0.2) is 0 Å². The van der Waals surface area contributed by atoms with Crippen LogP contribution in [0.1, 0.15) is 72.1 Å². The number of nitrogens with one attached hydrogen (secondary N) is 3. The Morgan fingerprint density at radius 2 is 1.90 bits per heavy atom. The fourth-order valence-electron chi connectivity index (χ4n) is 4.05. The van der Waals surface area contributed by atoms with Gasteiger partial charge in [0.15, 0.2) is 0 Å². The number of rotatable bonds is 9. The van der Waals surface area contributed by atoms with Gasteiger partial charge in [-0.15, -0.1) is 0 Å². The van der Waals surface area contributed by atoms with Crippen LogP contribution < -0.4 is 16.0 Å². The molecule has 3 N–H and O–H groups in total. The number of ether oxygens (including phenoxy) is 1. The number of nitriles is 1. The minimum Gasteiger partial charge on any atom is -0.368 e. The highest BCUT2D eigenvalue weighted by Crippen LogP contribution is 2.22. The summed E-state index contributed by atoms with van der Waals surface area (Å²) < 4.78 is 5.72. The van der Waals surface area contributed by atoms with E-state index in [1.54, 1.807) is 0 Å². The molecule has 1 aliphatic heterocycles. The Bertz CT molecular complexity index is 647. The highest BCUT2D eigenvalue weighted by molar-refractivity contribution is 5.88. The standard InChI is InChI=1S/C22H36N4O4/c1-22(2,3)12-18(26-19(27)14-30-17-7-5-4-6-8-17)21(29)25-16(13-23)11-15-9-10-24-20(15)28/h15-18H,4-12,14H2,1-3H3,(H,24,28)(H,25,29)(H,26,27)/t15-,16-,18-/m0/s1. The summed E-state index contributed by atoms with van der Waals surface area (Å²) in [7, 11) is 0. The molecule has 8 nitrogen and oxygen atoms in total. The third-order valence-corrected chi connectivity index (χ3v) is 5.63. The lowest BCUT2D eigenvalue weighted by Crippen LogP contribution is -2.52. The van der Waals surface area contributed by atoms with E-state index < -0.39 is 18.0 Å². The maximum absolute atomic E-state index is 12.9. The Hall–Kier alpha value is -2.14. The summed E-state index contributed by atoms with van der Waals surface area (Å²) >= 11 is 0. The van der Waals surface area contributed by atoms with E-state index in [1.807, 2.05) is 20.8 Å². The molecule has 0 spiro atoms. The molecule has 168 valence electrons. The lowest BCUT2D eigenvalue weighted by atomic mass is 9.87. The molecular formula is C22H36N4O4. The molecule has 1 saturated carbocycles. The summed E-state index contributed by atoms with van der Waals surface area (Å²) in [5, 5.41) is 17.7. The Morgan fingerprint density at radius 1 is 1.20 bits per heavy atom. The second-order valence-electron chi connectivity index (χ2n) is 9.66. The van der Waals surface area contributed by atoms with Crippen LogP contribution in [0.25, 0.3) is 0 Å². The summed E-state index contributed by atoms with van der Waals surface area (Å²) in [6.45, 7) is 6.50. The van der Waals surface area contributed by atoms with Gasteiger partial charge in [0.25, 0.3) is 0 Å². The van der Waals surface area contributed by atoms with Crippen molar-refractivity contribution in [3.8, 4) is 6.07 Å². The zero-order chi connectivity index (χ0) is 22.1. The van der Waals surface area contributed by atoms with Crippen molar-refractivity contribution in [3.05, 3.63) is 0 Å². The van der Waals surface area contributed by atoms with E-state index in [-0.39, 0.29) is 42.3 Å². The molecule has 0 aromatic rings.